The van der Waals surface area contributed by atoms with Gasteiger partial charge in [-0.15, -0.1) is 0 Å². The minimum absolute atomic E-state index is 0.0312. The summed E-state index contributed by atoms with van der Waals surface area (Å²) in [6, 6.07) is 0.295. The van der Waals surface area contributed by atoms with Gasteiger partial charge in [-0.3, -0.25) is 9.69 Å². The average molecular weight is 347 g/mol. The molecule has 1 aliphatic heterocycles. The molecule has 0 spiro atoms. The van der Waals surface area contributed by atoms with Gasteiger partial charge < -0.3 is 5.32 Å². The summed E-state index contributed by atoms with van der Waals surface area (Å²) in [4.78, 5) is 21.9. The van der Waals surface area contributed by atoms with Crippen LogP contribution in [0.5, 0.6) is 0 Å². The number of rotatable bonds is 5. The predicted octanol–water partition coefficient (Wildman–Crippen LogP) is 0.748. The first kappa shape index (κ1) is 17.1. The zero-order valence-corrected chi connectivity index (χ0v) is 14.1. The van der Waals surface area contributed by atoms with Gasteiger partial charge in [0.25, 0.3) is 5.91 Å². The summed E-state index contributed by atoms with van der Waals surface area (Å²) >= 11 is 5.90. The maximum atomic E-state index is 12.2. The Morgan fingerprint density at radius 2 is 2.27 bits per heavy atom. The summed E-state index contributed by atoms with van der Waals surface area (Å²) < 4.78 is 22.9. The Kier molecular flexibility index (Phi) is 5.36. The summed E-state index contributed by atoms with van der Waals surface area (Å²) in [6.45, 7) is 4.54. The zero-order valence-electron chi connectivity index (χ0n) is 12.5. The molecule has 1 unspecified atom stereocenters. The van der Waals surface area contributed by atoms with Gasteiger partial charge in [-0.2, -0.15) is 0 Å². The monoisotopic (exact) mass is 346 g/mol. The van der Waals surface area contributed by atoms with Crippen LogP contribution >= 0.6 is 11.6 Å². The molecule has 0 saturated carbocycles. The number of nitrogens with one attached hydrogen (secondary N) is 1. The molecule has 0 bridgehead atoms. The summed E-state index contributed by atoms with van der Waals surface area (Å²) in [6.07, 6.45) is 4.25. The van der Waals surface area contributed by atoms with E-state index in [9.17, 15) is 13.2 Å². The quantitative estimate of drug-likeness (QED) is 0.791. The molecular formula is C13H19ClN4O3S. The second-order valence-corrected chi connectivity index (χ2v) is 7.57. The maximum absolute atomic E-state index is 12.2. The smallest absolute Gasteiger partial charge is 0.271 e. The lowest BCUT2D eigenvalue weighted by atomic mass is 10.2. The van der Waals surface area contributed by atoms with Crippen LogP contribution in [0.15, 0.2) is 11.4 Å². The van der Waals surface area contributed by atoms with E-state index in [2.05, 4.69) is 27.1 Å². The van der Waals surface area contributed by atoms with Crippen molar-refractivity contribution in [3.8, 4) is 0 Å². The third-order valence-corrected chi connectivity index (χ3v) is 4.81. The Balaban J connectivity index is 2.09. The summed E-state index contributed by atoms with van der Waals surface area (Å²) in [5.41, 5.74) is -0.113. The molecule has 0 radical (unpaired) electrons. The van der Waals surface area contributed by atoms with E-state index in [1.807, 2.05) is 0 Å². The van der Waals surface area contributed by atoms with Gasteiger partial charge in [-0.1, -0.05) is 18.5 Å². The third-order valence-electron chi connectivity index (χ3n) is 3.67. The number of sulfone groups is 1. The van der Waals surface area contributed by atoms with Gasteiger partial charge in [0.05, 0.1) is 11.2 Å². The van der Waals surface area contributed by atoms with Crippen LogP contribution in [0.1, 0.15) is 30.3 Å². The normalized spacial score (nSPS) is 19.3. The molecule has 2 heterocycles. The molecule has 1 aliphatic rings. The highest BCUT2D eigenvalue weighted by atomic mass is 35.5. The molecule has 0 aromatic carbocycles. The molecule has 1 N–H and O–H groups in total. The van der Waals surface area contributed by atoms with Crippen LogP contribution in [-0.4, -0.2) is 61.1 Å². The van der Waals surface area contributed by atoms with Gasteiger partial charge in [0.15, 0.2) is 5.69 Å². The van der Waals surface area contributed by atoms with E-state index < -0.39 is 20.9 Å². The van der Waals surface area contributed by atoms with E-state index in [0.717, 1.165) is 38.4 Å². The van der Waals surface area contributed by atoms with Crippen molar-refractivity contribution < 1.29 is 13.2 Å². The second kappa shape index (κ2) is 6.89. The highest BCUT2D eigenvalue weighted by molar-refractivity contribution is 7.90. The molecule has 1 amide bonds. The van der Waals surface area contributed by atoms with E-state index in [1.165, 1.54) is 0 Å². The lowest BCUT2D eigenvalue weighted by Gasteiger charge is -2.22. The molecule has 1 aromatic heterocycles. The fraction of sp³-hybridized carbons (Fsp3) is 0.615. The fourth-order valence-electron chi connectivity index (χ4n) is 2.53. The molecule has 1 atom stereocenters. The second-order valence-electron chi connectivity index (χ2n) is 5.26. The summed E-state index contributed by atoms with van der Waals surface area (Å²) in [7, 11) is -3.59. The molecule has 1 aromatic rings. The van der Waals surface area contributed by atoms with E-state index in [0.29, 0.717) is 12.6 Å². The first-order valence-corrected chi connectivity index (χ1v) is 9.34. The van der Waals surface area contributed by atoms with Gasteiger partial charge >= 0.3 is 0 Å². The number of likely N-dealkylation sites (N-methyl/N-ethyl adjacent to an activating group) is 1. The van der Waals surface area contributed by atoms with Crippen LogP contribution < -0.4 is 5.32 Å². The van der Waals surface area contributed by atoms with Gasteiger partial charge in [-0.25, -0.2) is 18.4 Å². The fourth-order valence-corrected chi connectivity index (χ4v) is 3.20. The minimum atomic E-state index is -3.59. The number of hydrogen-bond acceptors (Lipinski definition) is 6. The van der Waals surface area contributed by atoms with Crippen LogP contribution in [0.4, 0.5) is 0 Å². The van der Waals surface area contributed by atoms with E-state index in [1.54, 1.807) is 0 Å². The van der Waals surface area contributed by atoms with E-state index >= 15 is 0 Å². The molecule has 7 nitrogen and oxygen atoms in total. The standard InChI is InChI=1S/C13H19ClN4O3S/c1-3-18-6-4-5-9(18)7-15-12(19)11-10(14)8-16-13(17-11)22(2,20)21/h8-9H,3-7H2,1-2H3,(H,15,19). The third kappa shape index (κ3) is 3.93. The molecule has 22 heavy (non-hydrogen) atoms. The Hall–Kier alpha value is -1.25. The number of halogens is 1. The highest BCUT2D eigenvalue weighted by Crippen LogP contribution is 2.17. The first-order chi connectivity index (χ1) is 10.3. The van der Waals surface area contributed by atoms with Crippen molar-refractivity contribution in [3.63, 3.8) is 0 Å². The largest absolute Gasteiger partial charge is 0.349 e. The van der Waals surface area contributed by atoms with Crippen molar-refractivity contribution in [2.75, 3.05) is 25.9 Å². The van der Waals surface area contributed by atoms with Gasteiger partial charge in [-0.05, 0) is 25.9 Å². The van der Waals surface area contributed by atoms with Crippen molar-refractivity contribution in [1.82, 2.24) is 20.2 Å². The molecule has 1 fully saturated rings. The average Bonchev–Trinajstić information content (AvgIpc) is 2.91. The van der Waals surface area contributed by atoms with Crippen LogP contribution in [0.3, 0.4) is 0 Å². The predicted molar refractivity (Wildman–Crippen MR) is 82.8 cm³/mol. The highest BCUT2D eigenvalue weighted by Gasteiger charge is 2.24. The van der Waals surface area contributed by atoms with Crippen LogP contribution in [0, 0.1) is 0 Å². The number of likely N-dealkylation sites (tertiary alicyclic amines) is 1. The Morgan fingerprint density at radius 1 is 1.55 bits per heavy atom. The topological polar surface area (TPSA) is 92.3 Å². The van der Waals surface area contributed by atoms with Crippen molar-refractivity contribution >= 4 is 27.3 Å². The molecule has 9 heteroatoms. The molecule has 122 valence electrons. The maximum Gasteiger partial charge on any atom is 0.271 e. The Labute approximate surface area is 135 Å². The number of carbonyl (C=O) groups is 1. The Bertz CT molecular complexity index is 665. The van der Waals surface area contributed by atoms with Gasteiger partial charge in [0.1, 0.15) is 0 Å². The zero-order chi connectivity index (χ0) is 16.3. The number of nitrogens with zero attached hydrogens (tertiary/aromatic N) is 3. The van der Waals surface area contributed by atoms with Crippen molar-refractivity contribution in [3.05, 3.63) is 16.9 Å². The van der Waals surface area contributed by atoms with E-state index in [-0.39, 0.29) is 10.7 Å². The minimum Gasteiger partial charge on any atom is -0.349 e. The number of hydrogen-bond donors (Lipinski definition) is 1. The van der Waals surface area contributed by atoms with E-state index in [4.69, 9.17) is 11.6 Å². The van der Waals surface area contributed by atoms with Gasteiger partial charge in [0.2, 0.25) is 15.0 Å². The lowest BCUT2D eigenvalue weighted by Crippen LogP contribution is -2.40. The number of amides is 1. The molecular weight excluding hydrogens is 328 g/mol. The van der Waals surface area contributed by atoms with Crippen molar-refractivity contribution in [1.29, 1.82) is 0 Å². The molecule has 2 rings (SSSR count). The first-order valence-electron chi connectivity index (χ1n) is 7.07. The Morgan fingerprint density at radius 3 is 2.91 bits per heavy atom. The SMILES string of the molecule is CCN1CCCC1CNC(=O)c1nc(S(C)(=O)=O)ncc1Cl. The lowest BCUT2D eigenvalue weighted by molar-refractivity contribution is 0.0935. The van der Waals surface area contributed by atoms with Crippen LogP contribution in [0.2, 0.25) is 5.02 Å². The molecule has 0 aliphatic carbocycles. The molecule has 1 saturated heterocycles. The van der Waals surface area contributed by atoms with Crippen LogP contribution in [-0.2, 0) is 9.84 Å². The van der Waals surface area contributed by atoms with Crippen molar-refractivity contribution in [2.45, 2.75) is 31.0 Å². The van der Waals surface area contributed by atoms with Gasteiger partial charge in [0, 0.05) is 18.8 Å². The summed E-state index contributed by atoms with van der Waals surface area (Å²) in [5.74, 6) is -0.486. The summed E-state index contributed by atoms with van der Waals surface area (Å²) in [5, 5.41) is 2.40. The number of aromatic nitrogens is 2. The van der Waals surface area contributed by atoms with Crippen LogP contribution in [0.25, 0.3) is 0 Å². The van der Waals surface area contributed by atoms with Crippen molar-refractivity contribution in [2.24, 2.45) is 0 Å². The number of carbonyl (C=O) groups excluding carboxylic acids is 1.